The Morgan fingerprint density at radius 1 is 1.30 bits per heavy atom. The average Bonchev–Trinajstić information content (AvgIpc) is 2.05. The molecule has 0 nitrogen and oxygen atoms in total. The van der Waals surface area contributed by atoms with Crippen molar-refractivity contribution in [2.75, 3.05) is 0 Å². The van der Waals surface area contributed by atoms with E-state index >= 15 is 0 Å². The summed E-state index contributed by atoms with van der Waals surface area (Å²) in [6.07, 6.45) is 6.92. The van der Waals surface area contributed by atoms with Crippen molar-refractivity contribution in [1.82, 2.24) is 0 Å². The standard InChI is InChI=1S/C8H15B2/c1-10-8(9)7-5-3-2-4-6-7/h7-8H,2-6H2,1H3. The molecule has 0 aromatic rings. The Bertz CT molecular complexity index is 87.3. The van der Waals surface area contributed by atoms with Gasteiger partial charge in [0.1, 0.15) is 0 Å². The summed E-state index contributed by atoms with van der Waals surface area (Å²) in [5.41, 5.74) is 0.361. The first-order valence-corrected chi connectivity index (χ1v) is 4.39. The van der Waals surface area contributed by atoms with Crippen molar-refractivity contribution in [3.8, 4) is 0 Å². The van der Waals surface area contributed by atoms with Gasteiger partial charge < -0.3 is 0 Å². The van der Waals surface area contributed by atoms with Crippen LogP contribution in [0.4, 0.5) is 0 Å². The SMILES string of the molecule is [B]C([B]C)C1CCCCC1. The van der Waals surface area contributed by atoms with Gasteiger partial charge in [0.15, 0.2) is 0 Å². The van der Waals surface area contributed by atoms with Crippen molar-refractivity contribution < 1.29 is 0 Å². The topological polar surface area (TPSA) is 0 Å². The van der Waals surface area contributed by atoms with Crippen LogP contribution in [0.3, 0.4) is 0 Å². The quantitative estimate of drug-likeness (QED) is 0.506. The second-order valence-corrected chi connectivity index (χ2v) is 3.31. The molecule has 53 valence electrons. The van der Waals surface area contributed by atoms with Crippen LogP contribution in [-0.2, 0) is 0 Å². The maximum absolute atomic E-state index is 5.89. The van der Waals surface area contributed by atoms with Gasteiger partial charge in [-0.25, -0.2) is 0 Å². The zero-order chi connectivity index (χ0) is 7.40. The van der Waals surface area contributed by atoms with Crippen molar-refractivity contribution in [2.24, 2.45) is 5.92 Å². The molecule has 1 unspecified atom stereocenters. The van der Waals surface area contributed by atoms with E-state index < -0.39 is 0 Å². The lowest BCUT2D eigenvalue weighted by atomic mass is 9.49. The minimum Gasteiger partial charge on any atom is -0.0998 e. The minimum atomic E-state index is 0.361. The zero-order valence-electron chi connectivity index (χ0n) is 6.84. The maximum Gasteiger partial charge on any atom is 0.0995 e. The van der Waals surface area contributed by atoms with Gasteiger partial charge in [-0.2, -0.15) is 0 Å². The summed E-state index contributed by atoms with van der Waals surface area (Å²) in [7, 11) is 8.03. The normalized spacial score (nSPS) is 24.1. The van der Waals surface area contributed by atoms with Gasteiger partial charge in [-0.15, -0.1) is 0 Å². The predicted molar refractivity (Wildman–Crippen MR) is 47.7 cm³/mol. The molecule has 2 heteroatoms. The molecule has 0 aromatic carbocycles. The first-order valence-electron chi connectivity index (χ1n) is 4.39. The van der Waals surface area contributed by atoms with Crippen molar-refractivity contribution in [3.63, 3.8) is 0 Å². The molecule has 10 heavy (non-hydrogen) atoms. The van der Waals surface area contributed by atoms with Gasteiger partial charge in [0.25, 0.3) is 0 Å². The van der Waals surface area contributed by atoms with E-state index in [0.29, 0.717) is 5.72 Å². The monoisotopic (exact) mass is 133 g/mol. The minimum absolute atomic E-state index is 0.361. The fraction of sp³-hybridized carbons (Fsp3) is 1.00. The van der Waals surface area contributed by atoms with Gasteiger partial charge in [-0.3, -0.25) is 0 Å². The molecule has 1 atom stereocenters. The highest BCUT2D eigenvalue weighted by atomic mass is 14.2. The highest BCUT2D eigenvalue weighted by molar-refractivity contribution is 6.49. The van der Waals surface area contributed by atoms with Crippen LogP contribution in [0.25, 0.3) is 0 Å². The smallest absolute Gasteiger partial charge is 0.0995 e. The van der Waals surface area contributed by atoms with E-state index in [-0.39, 0.29) is 0 Å². The Balaban J connectivity index is 2.24. The van der Waals surface area contributed by atoms with Crippen LogP contribution >= 0.6 is 0 Å². The summed E-state index contributed by atoms with van der Waals surface area (Å²) >= 11 is 0. The summed E-state index contributed by atoms with van der Waals surface area (Å²) < 4.78 is 0. The molecule has 1 aliphatic carbocycles. The molecule has 0 aromatic heterocycles. The largest absolute Gasteiger partial charge is 0.0998 e. The molecule has 1 saturated carbocycles. The summed E-state index contributed by atoms with van der Waals surface area (Å²) in [4.78, 5) is 0. The summed E-state index contributed by atoms with van der Waals surface area (Å²) in [5.74, 6) is 0.791. The fourth-order valence-electron chi connectivity index (χ4n) is 1.79. The van der Waals surface area contributed by atoms with Crippen LogP contribution in [0.2, 0.25) is 12.5 Å². The molecule has 1 rings (SSSR count). The molecule has 0 N–H and O–H groups in total. The molecular weight excluding hydrogens is 118 g/mol. The molecule has 0 saturated heterocycles. The van der Waals surface area contributed by atoms with Crippen molar-refractivity contribution in [2.45, 2.75) is 44.6 Å². The number of hydrogen-bond donors (Lipinski definition) is 0. The molecule has 3 radical (unpaired) electrons. The molecule has 1 aliphatic rings. The van der Waals surface area contributed by atoms with Crippen LogP contribution in [0.15, 0.2) is 0 Å². The van der Waals surface area contributed by atoms with E-state index in [1.54, 1.807) is 0 Å². The second-order valence-electron chi connectivity index (χ2n) is 3.31. The van der Waals surface area contributed by atoms with Gasteiger partial charge in [-0.1, -0.05) is 50.6 Å². The van der Waals surface area contributed by atoms with E-state index in [4.69, 9.17) is 7.85 Å². The van der Waals surface area contributed by atoms with E-state index in [0.717, 1.165) is 5.92 Å². The third-order valence-corrected chi connectivity index (χ3v) is 2.58. The Morgan fingerprint density at radius 3 is 2.40 bits per heavy atom. The Kier molecular flexibility index (Phi) is 3.37. The van der Waals surface area contributed by atoms with Gasteiger partial charge in [0, 0.05) is 0 Å². The van der Waals surface area contributed by atoms with Crippen LogP contribution < -0.4 is 0 Å². The van der Waals surface area contributed by atoms with Crippen molar-refractivity contribution in [1.29, 1.82) is 0 Å². The number of rotatable bonds is 2. The molecular formula is C8H15B2. The molecule has 1 fully saturated rings. The second kappa shape index (κ2) is 4.10. The fourth-order valence-corrected chi connectivity index (χ4v) is 1.79. The molecule has 0 amide bonds. The van der Waals surface area contributed by atoms with Gasteiger partial charge in [-0.05, 0) is 0 Å². The summed E-state index contributed by atoms with van der Waals surface area (Å²) in [6, 6.07) is 0. The zero-order valence-corrected chi connectivity index (χ0v) is 6.84. The Morgan fingerprint density at radius 2 is 1.90 bits per heavy atom. The van der Waals surface area contributed by atoms with Crippen LogP contribution in [0.5, 0.6) is 0 Å². The van der Waals surface area contributed by atoms with Crippen LogP contribution in [0, 0.1) is 5.92 Å². The Hall–Kier alpha value is 0.130. The molecule has 0 spiro atoms. The molecule has 0 bridgehead atoms. The lowest BCUT2D eigenvalue weighted by molar-refractivity contribution is 0.372. The highest BCUT2D eigenvalue weighted by Crippen LogP contribution is 2.30. The van der Waals surface area contributed by atoms with Gasteiger partial charge >= 0.3 is 0 Å². The van der Waals surface area contributed by atoms with Gasteiger partial charge in [0.2, 0.25) is 0 Å². The number of hydrogen-bond acceptors (Lipinski definition) is 0. The predicted octanol–water partition coefficient (Wildman–Crippen LogP) is 2.23. The van der Waals surface area contributed by atoms with Gasteiger partial charge in [0.05, 0.1) is 15.1 Å². The summed E-state index contributed by atoms with van der Waals surface area (Å²) in [5, 5.41) is 0. The maximum atomic E-state index is 5.89. The Labute approximate surface area is 66.4 Å². The first kappa shape index (κ1) is 8.23. The van der Waals surface area contributed by atoms with E-state index in [1.807, 2.05) is 0 Å². The third kappa shape index (κ3) is 2.07. The van der Waals surface area contributed by atoms with E-state index in [1.165, 1.54) is 32.1 Å². The molecule has 0 heterocycles. The molecule has 0 aliphatic heterocycles. The lowest BCUT2D eigenvalue weighted by Gasteiger charge is -2.26. The van der Waals surface area contributed by atoms with Crippen LogP contribution in [-0.4, -0.2) is 15.1 Å². The third-order valence-electron chi connectivity index (χ3n) is 2.58. The average molecular weight is 133 g/mol. The summed E-state index contributed by atoms with van der Waals surface area (Å²) in [6.45, 7) is 2.07. The highest BCUT2D eigenvalue weighted by Gasteiger charge is 2.17. The lowest BCUT2D eigenvalue weighted by Crippen LogP contribution is -2.16. The van der Waals surface area contributed by atoms with E-state index in [2.05, 4.69) is 14.1 Å². The van der Waals surface area contributed by atoms with E-state index in [9.17, 15) is 0 Å². The first-order chi connectivity index (χ1) is 4.84. The van der Waals surface area contributed by atoms with Crippen molar-refractivity contribution in [3.05, 3.63) is 0 Å². The van der Waals surface area contributed by atoms with Crippen molar-refractivity contribution >= 4 is 15.1 Å². The van der Waals surface area contributed by atoms with Crippen LogP contribution in [0.1, 0.15) is 32.1 Å².